The Morgan fingerprint density at radius 2 is 2.22 bits per heavy atom. The molecule has 2 N–H and O–H groups in total. The summed E-state index contributed by atoms with van der Waals surface area (Å²) in [4.78, 5) is 36.0. The Hall–Kier alpha value is -3.14. The number of benzene rings is 1. The van der Waals surface area contributed by atoms with Gasteiger partial charge in [-0.05, 0) is 12.5 Å². The number of hydrogen-bond acceptors (Lipinski definition) is 5. The minimum absolute atomic E-state index is 0.180. The molecule has 23 heavy (non-hydrogen) atoms. The molecule has 1 aliphatic rings. The number of carbonyl (C=O) groups excluding carboxylic acids is 2. The largest absolute Gasteiger partial charge is 0.373 e. The van der Waals surface area contributed by atoms with Gasteiger partial charge < -0.3 is 5.32 Å². The highest BCUT2D eigenvalue weighted by atomic mass is 16.2. The number of fused-ring (bicyclic) bond motifs is 1. The van der Waals surface area contributed by atoms with Crippen LogP contribution in [0, 0.1) is 12.3 Å². The topological polar surface area (TPSA) is 93.1 Å². The van der Waals surface area contributed by atoms with Crippen LogP contribution in [0.3, 0.4) is 0 Å². The van der Waals surface area contributed by atoms with E-state index in [-0.39, 0.29) is 25.3 Å². The molecule has 7 heteroatoms. The lowest BCUT2D eigenvalue weighted by Crippen LogP contribution is -2.45. The van der Waals surface area contributed by atoms with Crippen molar-refractivity contribution in [3.05, 3.63) is 34.7 Å². The van der Waals surface area contributed by atoms with E-state index < -0.39 is 17.5 Å². The minimum Gasteiger partial charge on any atom is -0.373 e. The Bertz CT molecular complexity index is 894. The summed E-state index contributed by atoms with van der Waals surface area (Å²) < 4.78 is 1.13. The van der Waals surface area contributed by atoms with Crippen LogP contribution in [0.25, 0.3) is 10.8 Å². The molecule has 2 amide bonds. The average molecular weight is 310 g/mol. The van der Waals surface area contributed by atoms with Crippen molar-refractivity contribution in [2.75, 3.05) is 11.9 Å². The van der Waals surface area contributed by atoms with E-state index in [0.717, 1.165) is 4.68 Å². The number of imide groups is 1. The van der Waals surface area contributed by atoms with Gasteiger partial charge in [0.25, 0.3) is 11.5 Å². The highest BCUT2D eigenvalue weighted by molar-refractivity contribution is 5.99. The first kappa shape index (κ1) is 14.8. The molecule has 0 spiro atoms. The fourth-order valence-corrected chi connectivity index (χ4v) is 2.64. The lowest BCUT2D eigenvalue weighted by atomic mass is 10.1. The summed E-state index contributed by atoms with van der Waals surface area (Å²) in [6.07, 6.45) is 7.21. The smallest absolute Gasteiger partial charge is 0.277 e. The van der Waals surface area contributed by atoms with Crippen molar-refractivity contribution in [3.63, 3.8) is 0 Å². The van der Waals surface area contributed by atoms with E-state index in [9.17, 15) is 14.4 Å². The van der Waals surface area contributed by atoms with E-state index in [4.69, 9.17) is 6.42 Å². The second-order valence-electron chi connectivity index (χ2n) is 5.19. The summed E-state index contributed by atoms with van der Waals surface area (Å²) >= 11 is 0. The van der Waals surface area contributed by atoms with Gasteiger partial charge in [-0.2, -0.15) is 5.10 Å². The summed E-state index contributed by atoms with van der Waals surface area (Å²) in [5, 5.41) is 10.4. The van der Waals surface area contributed by atoms with E-state index in [1.54, 1.807) is 18.2 Å². The lowest BCUT2D eigenvalue weighted by molar-refractivity contribution is -0.136. The Morgan fingerprint density at radius 1 is 1.39 bits per heavy atom. The average Bonchev–Trinajstić information content (AvgIpc) is 2.54. The molecule has 0 bridgehead atoms. The zero-order valence-corrected chi connectivity index (χ0v) is 12.2. The Morgan fingerprint density at radius 3 is 2.96 bits per heavy atom. The summed E-state index contributed by atoms with van der Waals surface area (Å²) in [5.74, 6) is 1.61. The first-order valence-electron chi connectivity index (χ1n) is 7.13. The van der Waals surface area contributed by atoms with Crippen molar-refractivity contribution in [1.29, 1.82) is 0 Å². The van der Waals surface area contributed by atoms with Crippen molar-refractivity contribution in [1.82, 2.24) is 15.1 Å². The molecule has 3 rings (SSSR count). The van der Waals surface area contributed by atoms with Gasteiger partial charge in [0, 0.05) is 17.5 Å². The zero-order valence-electron chi connectivity index (χ0n) is 12.2. The Kier molecular flexibility index (Phi) is 3.81. The molecule has 116 valence electrons. The highest BCUT2D eigenvalue weighted by Gasteiger charge is 2.30. The Balaban J connectivity index is 2.11. The SMILES string of the molecule is C#CCNc1cccc2cnn(C3CCC(=O)NC3=O)c(=O)c12. The van der Waals surface area contributed by atoms with Crippen LogP contribution in [0.5, 0.6) is 0 Å². The van der Waals surface area contributed by atoms with Gasteiger partial charge in [0.1, 0.15) is 6.04 Å². The van der Waals surface area contributed by atoms with E-state index in [1.165, 1.54) is 6.20 Å². The van der Waals surface area contributed by atoms with Crippen LogP contribution in [0.1, 0.15) is 18.9 Å². The molecule has 1 aromatic heterocycles. The number of nitrogens with zero attached hydrogens (tertiary/aromatic N) is 2. The molecule has 0 aliphatic carbocycles. The number of carbonyl (C=O) groups is 2. The normalized spacial score (nSPS) is 17.6. The first-order chi connectivity index (χ1) is 11.1. The number of amides is 2. The van der Waals surface area contributed by atoms with E-state index in [2.05, 4.69) is 21.7 Å². The van der Waals surface area contributed by atoms with Crippen LogP contribution in [-0.4, -0.2) is 28.1 Å². The lowest BCUT2D eigenvalue weighted by Gasteiger charge is -2.22. The van der Waals surface area contributed by atoms with E-state index in [1.807, 2.05) is 0 Å². The maximum atomic E-state index is 12.8. The third kappa shape index (κ3) is 2.66. The maximum Gasteiger partial charge on any atom is 0.277 e. The minimum atomic E-state index is -0.787. The van der Waals surface area contributed by atoms with Gasteiger partial charge in [0.15, 0.2) is 0 Å². The van der Waals surface area contributed by atoms with Crippen molar-refractivity contribution in [2.45, 2.75) is 18.9 Å². The number of rotatable bonds is 3. The fourth-order valence-electron chi connectivity index (χ4n) is 2.64. The third-order valence-corrected chi connectivity index (χ3v) is 3.73. The molecule has 0 radical (unpaired) electrons. The van der Waals surface area contributed by atoms with E-state index in [0.29, 0.717) is 16.5 Å². The molecule has 2 aromatic rings. The number of anilines is 1. The van der Waals surface area contributed by atoms with Crippen LogP contribution < -0.4 is 16.2 Å². The van der Waals surface area contributed by atoms with Crippen LogP contribution in [0.15, 0.2) is 29.2 Å². The second kappa shape index (κ2) is 5.93. The number of nitrogens with one attached hydrogen (secondary N) is 2. The third-order valence-electron chi connectivity index (χ3n) is 3.73. The monoisotopic (exact) mass is 310 g/mol. The standard InChI is InChI=1S/C16H14N4O3/c1-2-8-17-11-5-3-4-10-9-18-20(16(23)14(10)11)12-6-7-13(21)19-15(12)22/h1,3-5,9,12,17H,6-8H2,(H,19,21,22). The van der Waals surface area contributed by atoms with Gasteiger partial charge in [-0.25, -0.2) is 4.68 Å². The summed E-state index contributed by atoms with van der Waals surface area (Å²) in [6, 6.07) is 4.51. The summed E-state index contributed by atoms with van der Waals surface area (Å²) in [6.45, 7) is 0.277. The van der Waals surface area contributed by atoms with Crippen LogP contribution in [-0.2, 0) is 9.59 Å². The second-order valence-corrected chi connectivity index (χ2v) is 5.19. The first-order valence-corrected chi connectivity index (χ1v) is 7.13. The molecule has 1 aromatic carbocycles. The molecular formula is C16H14N4O3. The molecule has 1 aliphatic heterocycles. The van der Waals surface area contributed by atoms with Crippen molar-refractivity contribution < 1.29 is 9.59 Å². The highest BCUT2D eigenvalue weighted by Crippen LogP contribution is 2.21. The molecular weight excluding hydrogens is 296 g/mol. The van der Waals surface area contributed by atoms with Gasteiger partial charge in [-0.3, -0.25) is 19.7 Å². The molecule has 1 atom stereocenters. The van der Waals surface area contributed by atoms with Gasteiger partial charge in [-0.15, -0.1) is 6.42 Å². The number of aromatic nitrogens is 2. The van der Waals surface area contributed by atoms with Crippen molar-refractivity contribution in [2.24, 2.45) is 0 Å². The van der Waals surface area contributed by atoms with Gasteiger partial charge in [0.2, 0.25) is 5.91 Å². The molecule has 1 fully saturated rings. The predicted molar refractivity (Wildman–Crippen MR) is 84.7 cm³/mol. The van der Waals surface area contributed by atoms with Crippen LogP contribution in [0.4, 0.5) is 5.69 Å². The summed E-state index contributed by atoms with van der Waals surface area (Å²) in [7, 11) is 0. The zero-order chi connectivity index (χ0) is 16.4. The van der Waals surface area contributed by atoms with Crippen molar-refractivity contribution >= 4 is 28.3 Å². The molecule has 1 unspecified atom stereocenters. The molecule has 1 saturated heterocycles. The van der Waals surface area contributed by atoms with Crippen LogP contribution >= 0.6 is 0 Å². The number of hydrogen-bond donors (Lipinski definition) is 2. The van der Waals surface area contributed by atoms with Crippen molar-refractivity contribution in [3.8, 4) is 12.3 Å². The Labute approximate surface area is 131 Å². The molecule has 7 nitrogen and oxygen atoms in total. The number of terminal acetylenes is 1. The maximum absolute atomic E-state index is 12.8. The number of piperidine rings is 1. The molecule has 2 heterocycles. The fraction of sp³-hybridized carbons (Fsp3) is 0.250. The van der Waals surface area contributed by atoms with Gasteiger partial charge in [0.05, 0.1) is 18.1 Å². The summed E-state index contributed by atoms with van der Waals surface area (Å²) in [5.41, 5.74) is 0.200. The van der Waals surface area contributed by atoms with E-state index >= 15 is 0 Å². The quantitative estimate of drug-likeness (QED) is 0.633. The van der Waals surface area contributed by atoms with Gasteiger partial charge >= 0.3 is 0 Å². The predicted octanol–water partition coefficient (Wildman–Crippen LogP) is 0.419. The molecule has 0 saturated carbocycles. The van der Waals surface area contributed by atoms with Gasteiger partial charge in [-0.1, -0.05) is 18.1 Å². The van der Waals surface area contributed by atoms with Crippen LogP contribution in [0.2, 0.25) is 0 Å².